The number of nitrogens with zero attached hydrogens (tertiary/aromatic N) is 2. The van der Waals surface area contributed by atoms with Crippen LogP contribution in [0.2, 0.25) is 0 Å². The van der Waals surface area contributed by atoms with Crippen LogP contribution in [0.25, 0.3) is 11.1 Å². The van der Waals surface area contributed by atoms with E-state index in [2.05, 4.69) is 15.5 Å². The normalized spacial score (nSPS) is 10.8. The maximum atomic E-state index is 12.2. The average Bonchev–Trinajstić information content (AvgIpc) is 3.10. The van der Waals surface area contributed by atoms with Crippen molar-refractivity contribution in [3.05, 3.63) is 71.9 Å². The molecule has 0 unspecified atom stereocenters. The van der Waals surface area contributed by atoms with Crippen LogP contribution in [0, 0.1) is 0 Å². The molecular formula is C19H19N3O2. The number of nitrogens with one attached hydrogen (secondary N) is 1. The largest absolute Gasteiger partial charge is 0.423 e. The maximum absolute atomic E-state index is 12.2. The zero-order chi connectivity index (χ0) is 16.9. The maximum Gasteiger partial charge on any atom is 0.251 e. The van der Waals surface area contributed by atoms with Crippen molar-refractivity contribution in [1.82, 2.24) is 15.5 Å². The van der Waals surface area contributed by atoms with Gasteiger partial charge in [-0.05, 0) is 23.3 Å². The van der Waals surface area contributed by atoms with E-state index in [1.807, 2.05) is 68.4 Å². The van der Waals surface area contributed by atoms with Gasteiger partial charge in [-0.2, -0.15) is 0 Å². The van der Waals surface area contributed by atoms with E-state index in [4.69, 9.17) is 4.42 Å². The first kappa shape index (κ1) is 15.9. The highest BCUT2D eigenvalue weighted by molar-refractivity contribution is 5.94. The van der Waals surface area contributed by atoms with Gasteiger partial charge in [0.2, 0.25) is 11.8 Å². The lowest BCUT2D eigenvalue weighted by molar-refractivity contribution is 0.0947. The molecular weight excluding hydrogens is 302 g/mol. The van der Waals surface area contributed by atoms with Crippen LogP contribution in [0.15, 0.2) is 59.0 Å². The summed E-state index contributed by atoms with van der Waals surface area (Å²) in [5, 5.41) is 10.7. The Hall–Kier alpha value is -2.95. The first-order valence-electron chi connectivity index (χ1n) is 7.89. The number of carbonyl (C=O) groups excluding carboxylic acids is 1. The fraction of sp³-hybridized carbons (Fsp3) is 0.211. The van der Waals surface area contributed by atoms with Crippen molar-refractivity contribution < 1.29 is 9.21 Å². The van der Waals surface area contributed by atoms with Crippen LogP contribution in [0.1, 0.15) is 41.9 Å². The Kier molecular flexibility index (Phi) is 4.70. The Morgan fingerprint density at radius 2 is 1.67 bits per heavy atom. The predicted octanol–water partition coefficient (Wildman–Crippen LogP) is 3.79. The van der Waals surface area contributed by atoms with E-state index in [1.165, 1.54) is 0 Å². The van der Waals surface area contributed by atoms with Crippen molar-refractivity contribution in [3.63, 3.8) is 0 Å². The first-order chi connectivity index (χ1) is 11.6. The van der Waals surface area contributed by atoms with Gasteiger partial charge in [0.25, 0.3) is 5.91 Å². The van der Waals surface area contributed by atoms with Gasteiger partial charge in [0, 0.05) is 11.5 Å². The Morgan fingerprint density at radius 1 is 1.00 bits per heavy atom. The van der Waals surface area contributed by atoms with Crippen LogP contribution in [-0.2, 0) is 6.54 Å². The lowest BCUT2D eigenvalue weighted by Crippen LogP contribution is -2.22. The standard InChI is InChI=1S/C19H19N3O2/c1-13(2)19-22-21-17(24-19)12-20-18(23)16-10-8-15(9-11-16)14-6-4-3-5-7-14/h3-11,13H,12H2,1-2H3,(H,20,23). The SMILES string of the molecule is CC(C)c1nnc(CNC(=O)c2ccc(-c3ccccc3)cc2)o1. The number of amides is 1. The molecule has 0 aliphatic carbocycles. The number of aromatic nitrogens is 2. The third-order valence-electron chi connectivity index (χ3n) is 3.63. The Bertz CT molecular complexity index is 808. The lowest BCUT2D eigenvalue weighted by Gasteiger charge is -2.05. The van der Waals surface area contributed by atoms with E-state index in [1.54, 1.807) is 0 Å². The van der Waals surface area contributed by atoms with Crippen molar-refractivity contribution in [2.45, 2.75) is 26.3 Å². The molecule has 1 aromatic heterocycles. The van der Waals surface area contributed by atoms with Crippen molar-refractivity contribution >= 4 is 5.91 Å². The van der Waals surface area contributed by atoms with Gasteiger partial charge < -0.3 is 9.73 Å². The van der Waals surface area contributed by atoms with Crippen LogP contribution in [0.4, 0.5) is 0 Å². The molecule has 122 valence electrons. The second-order valence-electron chi connectivity index (χ2n) is 5.81. The first-order valence-corrected chi connectivity index (χ1v) is 7.89. The van der Waals surface area contributed by atoms with Crippen LogP contribution >= 0.6 is 0 Å². The molecule has 3 aromatic rings. The van der Waals surface area contributed by atoms with Gasteiger partial charge in [-0.15, -0.1) is 10.2 Å². The van der Waals surface area contributed by atoms with Gasteiger partial charge in [-0.1, -0.05) is 56.3 Å². The van der Waals surface area contributed by atoms with Gasteiger partial charge in [-0.25, -0.2) is 0 Å². The van der Waals surface area contributed by atoms with Crippen LogP contribution in [-0.4, -0.2) is 16.1 Å². The summed E-state index contributed by atoms with van der Waals surface area (Å²) in [6.45, 7) is 4.17. The highest BCUT2D eigenvalue weighted by Gasteiger charge is 2.11. The molecule has 0 spiro atoms. The molecule has 0 saturated heterocycles. The van der Waals surface area contributed by atoms with E-state index >= 15 is 0 Å². The van der Waals surface area contributed by atoms with E-state index in [9.17, 15) is 4.79 Å². The summed E-state index contributed by atoms with van der Waals surface area (Å²) < 4.78 is 5.47. The molecule has 24 heavy (non-hydrogen) atoms. The molecule has 0 fully saturated rings. The predicted molar refractivity (Wildman–Crippen MR) is 91.4 cm³/mol. The third kappa shape index (κ3) is 3.68. The number of carbonyl (C=O) groups is 1. The van der Waals surface area contributed by atoms with Crippen LogP contribution in [0.3, 0.4) is 0 Å². The molecule has 2 aromatic carbocycles. The third-order valence-corrected chi connectivity index (χ3v) is 3.63. The highest BCUT2D eigenvalue weighted by atomic mass is 16.4. The number of benzene rings is 2. The fourth-order valence-corrected chi connectivity index (χ4v) is 2.27. The summed E-state index contributed by atoms with van der Waals surface area (Å²) >= 11 is 0. The quantitative estimate of drug-likeness (QED) is 0.776. The second-order valence-corrected chi connectivity index (χ2v) is 5.81. The van der Waals surface area contributed by atoms with Gasteiger partial charge >= 0.3 is 0 Å². The molecule has 0 atom stereocenters. The van der Waals surface area contributed by atoms with Crippen LogP contribution < -0.4 is 5.32 Å². The summed E-state index contributed by atoms with van der Waals surface area (Å²) in [7, 11) is 0. The van der Waals surface area contributed by atoms with E-state index < -0.39 is 0 Å². The van der Waals surface area contributed by atoms with Crippen molar-refractivity contribution in [3.8, 4) is 11.1 Å². The van der Waals surface area contributed by atoms with E-state index in [-0.39, 0.29) is 18.4 Å². The Morgan fingerprint density at radius 3 is 2.29 bits per heavy atom. The molecule has 1 heterocycles. The smallest absolute Gasteiger partial charge is 0.251 e. The lowest BCUT2D eigenvalue weighted by atomic mass is 10.0. The van der Waals surface area contributed by atoms with Gasteiger partial charge in [0.05, 0.1) is 6.54 Å². The van der Waals surface area contributed by atoms with Gasteiger partial charge in [0.15, 0.2) is 0 Å². The molecule has 5 heteroatoms. The highest BCUT2D eigenvalue weighted by Crippen LogP contribution is 2.19. The van der Waals surface area contributed by atoms with E-state index in [0.29, 0.717) is 17.3 Å². The molecule has 3 rings (SSSR count). The zero-order valence-electron chi connectivity index (χ0n) is 13.7. The number of hydrogen-bond acceptors (Lipinski definition) is 4. The van der Waals surface area contributed by atoms with Crippen LogP contribution in [0.5, 0.6) is 0 Å². The molecule has 0 saturated carbocycles. The second kappa shape index (κ2) is 7.08. The summed E-state index contributed by atoms with van der Waals surface area (Å²) in [4.78, 5) is 12.2. The molecule has 5 nitrogen and oxygen atoms in total. The van der Waals surface area contributed by atoms with Gasteiger partial charge in [-0.3, -0.25) is 4.79 Å². The molecule has 0 aliphatic heterocycles. The van der Waals surface area contributed by atoms with Crippen molar-refractivity contribution in [1.29, 1.82) is 0 Å². The molecule has 0 bridgehead atoms. The fourth-order valence-electron chi connectivity index (χ4n) is 2.27. The zero-order valence-corrected chi connectivity index (χ0v) is 13.7. The summed E-state index contributed by atoms with van der Waals surface area (Å²) in [6.07, 6.45) is 0. The monoisotopic (exact) mass is 321 g/mol. The minimum Gasteiger partial charge on any atom is -0.423 e. The Labute approximate surface area is 140 Å². The summed E-state index contributed by atoms with van der Waals surface area (Å²) in [5.41, 5.74) is 2.79. The average molecular weight is 321 g/mol. The number of rotatable bonds is 5. The topological polar surface area (TPSA) is 68.0 Å². The van der Waals surface area contributed by atoms with Crippen molar-refractivity contribution in [2.24, 2.45) is 0 Å². The molecule has 1 N–H and O–H groups in total. The summed E-state index contributed by atoms with van der Waals surface area (Å²) in [5.74, 6) is 0.991. The molecule has 0 aliphatic rings. The van der Waals surface area contributed by atoms with Crippen molar-refractivity contribution in [2.75, 3.05) is 0 Å². The number of hydrogen-bond donors (Lipinski definition) is 1. The molecule has 0 radical (unpaired) electrons. The minimum atomic E-state index is -0.168. The Balaban J connectivity index is 1.62. The van der Waals surface area contributed by atoms with E-state index in [0.717, 1.165) is 11.1 Å². The minimum absolute atomic E-state index is 0.168. The summed E-state index contributed by atoms with van der Waals surface area (Å²) in [6, 6.07) is 17.5. The van der Waals surface area contributed by atoms with Gasteiger partial charge in [0.1, 0.15) is 0 Å². The molecule has 1 amide bonds.